The average Bonchev–Trinajstić information content (AvgIpc) is 3.49. The number of carbonyl (C=O) groups is 5. The summed E-state index contributed by atoms with van der Waals surface area (Å²) < 4.78 is 20.0. The van der Waals surface area contributed by atoms with Gasteiger partial charge in [-0.2, -0.15) is 0 Å². The third-order valence-corrected chi connectivity index (χ3v) is 12.1. The zero-order valence-electron chi connectivity index (χ0n) is 33.6. The first-order valence-corrected chi connectivity index (χ1v) is 21.0. The van der Waals surface area contributed by atoms with E-state index in [-0.39, 0.29) is 35.0 Å². The van der Waals surface area contributed by atoms with Crippen molar-refractivity contribution in [3.05, 3.63) is 89.5 Å². The minimum absolute atomic E-state index is 0.0244. The number of amides is 5. The van der Waals surface area contributed by atoms with Gasteiger partial charge in [0.1, 0.15) is 29.8 Å². The number of piperidine rings is 3. The second-order valence-electron chi connectivity index (χ2n) is 16.0. The van der Waals surface area contributed by atoms with Crippen LogP contribution in [0.25, 0.3) is 10.9 Å². The highest BCUT2D eigenvalue weighted by molar-refractivity contribution is 6.31. The van der Waals surface area contributed by atoms with Gasteiger partial charge >= 0.3 is 0 Å². The van der Waals surface area contributed by atoms with Gasteiger partial charge in [-0.05, 0) is 113 Å². The maximum atomic E-state index is 13.7. The lowest BCUT2D eigenvalue weighted by Gasteiger charge is -2.38. The van der Waals surface area contributed by atoms with Crippen LogP contribution in [-0.4, -0.2) is 112 Å². The van der Waals surface area contributed by atoms with Crippen molar-refractivity contribution < 1.29 is 33.1 Å². The first-order chi connectivity index (χ1) is 29.5. The maximum Gasteiger partial charge on any atom is 0.262 e. The van der Waals surface area contributed by atoms with Crippen molar-refractivity contribution in [2.75, 3.05) is 61.8 Å². The van der Waals surface area contributed by atoms with Crippen LogP contribution in [0.1, 0.15) is 65.7 Å². The van der Waals surface area contributed by atoms with Crippen LogP contribution in [0, 0.1) is 11.7 Å². The lowest BCUT2D eigenvalue weighted by molar-refractivity contribution is -0.136. The van der Waals surface area contributed by atoms with E-state index in [0.717, 1.165) is 82.0 Å². The molecule has 3 fully saturated rings. The average molecular weight is 852 g/mol. The number of anilines is 4. The zero-order valence-corrected chi connectivity index (χ0v) is 34.3. The van der Waals surface area contributed by atoms with Gasteiger partial charge in [-0.15, -0.1) is 0 Å². The van der Waals surface area contributed by atoms with Crippen molar-refractivity contribution in [3.8, 4) is 5.75 Å². The number of imide groups is 2. The molecule has 5 heterocycles. The molecule has 8 rings (SSSR count). The number of carbonyl (C=O) groups excluding carboxylic acids is 5. The number of ether oxygens (including phenoxy) is 1. The van der Waals surface area contributed by atoms with E-state index >= 15 is 0 Å². The summed E-state index contributed by atoms with van der Waals surface area (Å²) in [6.07, 6.45) is 7.83. The summed E-state index contributed by atoms with van der Waals surface area (Å²) in [5.41, 5.74) is 2.88. The second-order valence-corrected chi connectivity index (χ2v) is 16.4. The first kappa shape index (κ1) is 41.8. The number of benzene rings is 3. The molecule has 0 bridgehead atoms. The van der Waals surface area contributed by atoms with Gasteiger partial charge in [0.15, 0.2) is 0 Å². The van der Waals surface area contributed by atoms with Gasteiger partial charge in [-0.1, -0.05) is 18.2 Å². The summed E-state index contributed by atoms with van der Waals surface area (Å²) in [5.74, 6) is -1.45. The molecule has 0 radical (unpaired) electrons. The minimum atomic E-state index is -0.989. The fourth-order valence-corrected chi connectivity index (χ4v) is 8.84. The van der Waals surface area contributed by atoms with Gasteiger partial charge in [0.2, 0.25) is 17.7 Å². The third kappa shape index (κ3) is 9.51. The minimum Gasteiger partial charge on any atom is -0.491 e. The van der Waals surface area contributed by atoms with E-state index in [4.69, 9.17) is 16.3 Å². The predicted octanol–water partition coefficient (Wildman–Crippen LogP) is 5.75. The molecule has 0 aliphatic carbocycles. The molecular weight excluding hydrogens is 805 g/mol. The molecule has 4 aliphatic heterocycles. The topological polar surface area (TPSA) is 178 Å². The van der Waals surface area contributed by atoms with Crippen LogP contribution in [0.2, 0.25) is 5.02 Å². The fourth-order valence-electron chi connectivity index (χ4n) is 8.66. The van der Waals surface area contributed by atoms with Crippen molar-refractivity contribution in [3.63, 3.8) is 0 Å². The standard InChI is InChI=1S/C44H47ClFN9O6/c1-2-39(56)51-36-21-32-35(47-25-48-41(32)50-28-7-9-34(46)33(45)20-28)22-38(36)61-18-4-15-53-16-12-26(13-17-53)23-54-14-3-5-29(24-54)49-27-6-8-30-31(19-27)44(60)55(43(30)59)37-10-11-40(57)52-42(37)58/h2,6-9,19-22,25-26,29,37,49H,1,3-5,10-18,23-24H2,(H,51,56)(H,47,48,50)(H,52,57,58)/t29-,37?/m1/s1. The Labute approximate surface area is 357 Å². The van der Waals surface area contributed by atoms with E-state index in [1.54, 1.807) is 30.3 Å². The number of nitrogens with one attached hydrogen (secondary N) is 4. The molecule has 4 aliphatic rings. The number of hydrogen-bond donors (Lipinski definition) is 4. The summed E-state index contributed by atoms with van der Waals surface area (Å²) >= 11 is 5.98. The number of hydrogen-bond acceptors (Lipinski definition) is 12. The van der Waals surface area contributed by atoms with Gasteiger partial charge in [0, 0.05) is 54.9 Å². The second kappa shape index (κ2) is 18.3. The Bertz CT molecular complexity index is 2390. The van der Waals surface area contributed by atoms with Gasteiger partial charge < -0.3 is 30.5 Å². The Hall–Kier alpha value is -5.97. The molecule has 318 valence electrons. The Morgan fingerprint density at radius 1 is 0.951 bits per heavy atom. The van der Waals surface area contributed by atoms with Gasteiger partial charge in [0.25, 0.3) is 11.8 Å². The van der Waals surface area contributed by atoms with E-state index in [9.17, 15) is 28.4 Å². The Morgan fingerprint density at radius 2 is 1.75 bits per heavy atom. The molecule has 5 amide bonds. The zero-order chi connectivity index (χ0) is 42.6. The van der Waals surface area contributed by atoms with Crippen molar-refractivity contribution >= 4 is 74.9 Å². The molecule has 2 atom stereocenters. The lowest BCUT2D eigenvalue weighted by Crippen LogP contribution is -2.54. The maximum absolute atomic E-state index is 13.7. The molecule has 3 saturated heterocycles. The van der Waals surface area contributed by atoms with Crippen LogP contribution < -0.4 is 26.0 Å². The van der Waals surface area contributed by atoms with Crippen LogP contribution in [0.4, 0.5) is 27.3 Å². The summed E-state index contributed by atoms with van der Waals surface area (Å²) in [7, 11) is 0. The SMILES string of the molecule is C=CC(=O)Nc1cc2c(Nc3ccc(F)c(Cl)c3)ncnc2cc1OCCCN1CCC(CN2CCC[C@@H](Nc3ccc4c(c3)C(=O)N(C3CCC(=O)NC3=O)C4=O)C2)CC1. The molecule has 17 heteroatoms. The smallest absolute Gasteiger partial charge is 0.262 e. The van der Waals surface area contributed by atoms with Crippen molar-refractivity contribution in [1.29, 1.82) is 0 Å². The summed E-state index contributed by atoms with van der Waals surface area (Å²) in [6, 6.07) is 12.2. The quantitative estimate of drug-likeness (QED) is 0.0688. The van der Waals surface area contributed by atoms with E-state index in [2.05, 4.69) is 47.6 Å². The van der Waals surface area contributed by atoms with Crippen LogP contribution in [0.3, 0.4) is 0 Å². The molecule has 15 nitrogen and oxygen atoms in total. The first-order valence-electron chi connectivity index (χ1n) is 20.7. The van der Waals surface area contributed by atoms with Crippen LogP contribution in [-0.2, 0) is 14.4 Å². The highest BCUT2D eigenvalue weighted by Crippen LogP contribution is 2.35. The number of fused-ring (bicyclic) bond motifs is 2. The highest BCUT2D eigenvalue weighted by atomic mass is 35.5. The summed E-state index contributed by atoms with van der Waals surface area (Å²) in [5, 5.41) is 12.4. The third-order valence-electron chi connectivity index (χ3n) is 11.8. The van der Waals surface area contributed by atoms with Crippen molar-refractivity contribution in [1.82, 2.24) is 30.0 Å². The van der Waals surface area contributed by atoms with Crippen LogP contribution in [0.5, 0.6) is 5.75 Å². The number of aromatic nitrogens is 2. The van der Waals surface area contributed by atoms with E-state index in [0.29, 0.717) is 46.4 Å². The Morgan fingerprint density at radius 3 is 2.54 bits per heavy atom. The Balaban J connectivity index is 0.799. The molecule has 3 aromatic carbocycles. The highest BCUT2D eigenvalue weighted by Gasteiger charge is 2.44. The molecular formula is C44H47ClFN9O6. The summed E-state index contributed by atoms with van der Waals surface area (Å²) in [4.78, 5) is 77.7. The van der Waals surface area contributed by atoms with Gasteiger partial charge in [-0.3, -0.25) is 34.2 Å². The molecule has 4 N–H and O–H groups in total. The monoisotopic (exact) mass is 851 g/mol. The van der Waals surface area contributed by atoms with E-state index in [1.165, 1.54) is 24.5 Å². The van der Waals surface area contributed by atoms with E-state index in [1.807, 2.05) is 6.07 Å². The molecule has 4 aromatic rings. The number of halogens is 2. The lowest BCUT2D eigenvalue weighted by atomic mass is 9.94. The number of likely N-dealkylation sites (tertiary alicyclic amines) is 2. The van der Waals surface area contributed by atoms with Crippen LogP contribution >= 0.6 is 11.6 Å². The van der Waals surface area contributed by atoms with Crippen molar-refractivity contribution in [2.24, 2.45) is 5.92 Å². The fraction of sp³-hybridized carbons (Fsp3) is 0.386. The molecule has 61 heavy (non-hydrogen) atoms. The summed E-state index contributed by atoms with van der Waals surface area (Å²) in [6.45, 7) is 9.81. The van der Waals surface area contributed by atoms with Gasteiger partial charge in [0.05, 0.1) is 34.0 Å². The number of rotatable bonds is 14. The predicted molar refractivity (Wildman–Crippen MR) is 229 cm³/mol. The Kier molecular flexibility index (Phi) is 12.6. The largest absolute Gasteiger partial charge is 0.491 e. The molecule has 1 unspecified atom stereocenters. The molecule has 0 spiro atoms. The van der Waals surface area contributed by atoms with Crippen LogP contribution in [0.15, 0.2) is 67.5 Å². The molecule has 0 saturated carbocycles. The van der Waals surface area contributed by atoms with E-state index < -0.39 is 41.4 Å². The van der Waals surface area contributed by atoms with Gasteiger partial charge in [-0.25, -0.2) is 14.4 Å². The number of nitrogens with zero attached hydrogens (tertiary/aromatic N) is 5. The van der Waals surface area contributed by atoms with Crippen molar-refractivity contribution in [2.45, 2.75) is 57.0 Å². The molecule has 1 aromatic heterocycles. The normalized spacial score (nSPS) is 20.1.